The van der Waals surface area contributed by atoms with Crippen LogP contribution in [0.1, 0.15) is 10.4 Å². The van der Waals surface area contributed by atoms with Crippen molar-refractivity contribution in [3.63, 3.8) is 0 Å². The SMILES string of the molecule is COC(=O)c1cccc(-c2cc(=O)[nH]c(=O)n2N)c1. The summed E-state index contributed by atoms with van der Waals surface area (Å²) in [6.45, 7) is 0. The van der Waals surface area contributed by atoms with Crippen molar-refractivity contribution < 1.29 is 9.53 Å². The summed E-state index contributed by atoms with van der Waals surface area (Å²) in [6, 6.07) is 7.46. The van der Waals surface area contributed by atoms with Gasteiger partial charge in [0.25, 0.3) is 5.56 Å². The van der Waals surface area contributed by atoms with Crippen molar-refractivity contribution in [2.75, 3.05) is 13.0 Å². The average Bonchev–Trinajstić information content (AvgIpc) is 2.42. The molecule has 0 aliphatic rings. The van der Waals surface area contributed by atoms with Crippen LogP contribution in [0.3, 0.4) is 0 Å². The molecule has 0 amide bonds. The van der Waals surface area contributed by atoms with E-state index in [2.05, 4.69) is 4.74 Å². The molecule has 2 rings (SSSR count). The molecule has 0 radical (unpaired) electrons. The summed E-state index contributed by atoms with van der Waals surface area (Å²) in [5.41, 5.74) is -0.322. The maximum Gasteiger partial charge on any atom is 0.347 e. The van der Waals surface area contributed by atoms with Gasteiger partial charge in [-0.25, -0.2) is 14.3 Å². The molecule has 98 valence electrons. The number of methoxy groups -OCH3 is 1. The van der Waals surface area contributed by atoms with E-state index in [1.54, 1.807) is 18.2 Å². The van der Waals surface area contributed by atoms with Gasteiger partial charge in [-0.1, -0.05) is 12.1 Å². The Morgan fingerprint density at radius 2 is 2.05 bits per heavy atom. The summed E-state index contributed by atoms with van der Waals surface area (Å²) in [7, 11) is 1.26. The lowest BCUT2D eigenvalue weighted by molar-refractivity contribution is 0.0601. The fourth-order valence-electron chi connectivity index (χ4n) is 1.65. The summed E-state index contributed by atoms with van der Waals surface area (Å²) >= 11 is 0. The molecule has 1 aromatic heterocycles. The number of rotatable bonds is 2. The van der Waals surface area contributed by atoms with Gasteiger partial charge in [0, 0.05) is 11.6 Å². The molecule has 7 nitrogen and oxygen atoms in total. The molecular formula is C12H11N3O4. The first-order valence-corrected chi connectivity index (χ1v) is 5.33. The molecule has 1 heterocycles. The molecule has 0 saturated heterocycles. The third kappa shape index (κ3) is 2.39. The van der Waals surface area contributed by atoms with Crippen molar-refractivity contribution in [1.82, 2.24) is 9.66 Å². The Morgan fingerprint density at radius 3 is 2.74 bits per heavy atom. The lowest BCUT2D eigenvalue weighted by Gasteiger charge is -2.07. The van der Waals surface area contributed by atoms with Gasteiger partial charge >= 0.3 is 11.7 Å². The fourth-order valence-corrected chi connectivity index (χ4v) is 1.65. The number of carbonyl (C=O) groups is 1. The number of nitrogens with two attached hydrogens (primary N) is 1. The minimum Gasteiger partial charge on any atom is -0.465 e. The molecule has 0 fully saturated rings. The first-order chi connectivity index (χ1) is 9.02. The van der Waals surface area contributed by atoms with Crippen LogP contribution in [0.4, 0.5) is 0 Å². The highest BCUT2D eigenvalue weighted by Gasteiger charge is 2.10. The van der Waals surface area contributed by atoms with Crippen LogP contribution in [0.5, 0.6) is 0 Å². The molecule has 0 aliphatic carbocycles. The second kappa shape index (κ2) is 4.81. The summed E-state index contributed by atoms with van der Waals surface area (Å²) < 4.78 is 5.40. The second-order valence-corrected chi connectivity index (χ2v) is 3.77. The van der Waals surface area contributed by atoms with E-state index in [1.165, 1.54) is 19.2 Å². The zero-order valence-electron chi connectivity index (χ0n) is 10.0. The molecule has 0 atom stereocenters. The Labute approximate surface area is 107 Å². The van der Waals surface area contributed by atoms with Crippen LogP contribution in [-0.2, 0) is 4.74 Å². The van der Waals surface area contributed by atoms with Crippen molar-refractivity contribution in [1.29, 1.82) is 0 Å². The molecule has 2 aromatic rings. The van der Waals surface area contributed by atoms with E-state index in [-0.39, 0.29) is 5.69 Å². The van der Waals surface area contributed by atoms with Gasteiger partial charge in [0.15, 0.2) is 0 Å². The van der Waals surface area contributed by atoms with Crippen molar-refractivity contribution in [3.05, 3.63) is 56.7 Å². The number of hydrogen-bond acceptors (Lipinski definition) is 5. The number of hydrogen-bond donors (Lipinski definition) is 2. The highest BCUT2D eigenvalue weighted by atomic mass is 16.5. The lowest BCUT2D eigenvalue weighted by atomic mass is 10.1. The number of carbonyl (C=O) groups excluding carboxylic acids is 1. The maximum absolute atomic E-state index is 11.4. The Hall–Kier alpha value is -2.83. The van der Waals surface area contributed by atoms with Crippen molar-refractivity contribution in [2.45, 2.75) is 0 Å². The van der Waals surface area contributed by atoms with Gasteiger partial charge in [0.05, 0.1) is 18.4 Å². The molecule has 1 aromatic carbocycles. The molecule has 7 heteroatoms. The van der Waals surface area contributed by atoms with E-state index < -0.39 is 17.2 Å². The van der Waals surface area contributed by atoms with Crippen LogP contribution >= 0.6 is 0 Å². The van der Waals surface area contributed by atoms with Crippen molar-refractivity contribution in [3.8, 4) is 11.3 Å². The van der Waals surface area contributed by atoms with E-state index in [9.17, 15) is 14.4 Å². The maximum atomic E-state index is 11.4. The summed E-state index contributed by atoms with van der Waals surface area (Å²) in [4.78, 5) is 36.2. The number of nitrogens with one attached hydrogen (secondary N) is 1. The number of aromatic amines is 1. The minimum absolute atomic E-state index is 0.208. The van der Waals surface area contributed by atoms with Crippen molar-refractivity contribution >= 4 is 5.97 Å². The van der Waals surface area contributed by atoms with E-state index in [1.807, 2.05) is 4.98 Å². The Bertz CT molecular complexity index is 745. The third-order valence-corrected chi connectivity index (χ3v) is 2.56. The first-order valence-electron chi connectivity index (χ1n) is 5.33. The first kappa shape index (κ1) is 12.6. The van der Waals surface area contributed by atoms with E-state index in [0.29, 0.717) is 11.1 Å². The van der Waals surface area contributed by atoms with Crippen molar-refractivity contribution in [2.24, 2.45) is 0 Å². The predicted molar refractivity (Wildman–Crippen MR) is 68.2 cm³/mol. The third-order valence-electron chi connectivity index (χ3n) is 2.56. The van der Waals surface area contributed by atoms with Crippen LogP contribution in [0.25, 0.3) is 11.3 Å². The number of esters is 1. The van der Waals surface area contributed by atoms with Gasteiger partial charge in [-0.15, -0.1) is 0 Å². The number of H-pyrrole nitrogens is 1. The summed E-state index contributed by atoms with van der Waals surface area (Å²) in [5, 5.41) is 0. The quantitative estimate of drug-likeness (QED) is 0.570. The van der Waals surface area contributed by atoms with Gasteiger partial charge in [0.2, 0.25) is 0 Å². The van der Waals surface area contributed by atoms with E-state index >= 15 is 0 Å². The van der Waals surface area contributed by atoms with E-state index in [4.69, 9.17) is 5.84 Å². The normalized spacial score (nSPS) is 10.2. The van der Waals surface area contributed by atoms with Crippen LogP contribution < -0.4 is 17.1 Å². The highest BCUT2D eigenvalue weighted by molar-refractivity contribution is 5.90. The molecular weight excluding hydrogens is 250 g/mol. The molecule has 0 saturated carbocycles. The minimum atomic E-state index is -0.731. The van der Waals surface area contributed by atoms with Crippen LogP contribution in [0.2, 0.25) is 0 Å². The predicted octanol–water partition coefficient (Wildman–Crippen LogP) is -0.296. The van der Waals surface area contributed by atoms with Gasteiger partial charge in [0.1, 0.15) is 0 Å². The summed E-state index contributed by atoms with van der Waals surface area (Å²) in [5.74, 6) is 5.04. The Balaban J connectivity index is 2.63. The number of aromatic nitrogens is 2. The average molecular weight is 261 g/mol. The van der Waals surface area contributed by atoms with Gasteiger partial charge in [-0.2, -0.15) is 0 Å². The van der Waals surface area contributed by atoms with Crippen LogP contribution in [0, 0.1) is 0 Å². The Kier molecular flexibility index (Phi) is 3.19. The molecule has 19 heavy (non-hydrogen) atoms. The molecule has 0 spiro atoms. The number of nitrogen functional groups attached to an aromatic ring is 1. The standard InChI is InChI=1S/C12H11N3O4/c1-19-11(17)8-4-2-3-7(5-8)9-6-10(16)14-12(18)15(9)13/h2-6H,13H2,1H3,(H,14,16,18). The largest absolute Gasteiger partial charge is 0.465 e. The lowest BCUT2D eigenvalue weighted by Crippen LogP contribution is -2.35. The zero-order chi connectivity index (χ0) is 14.0. The van der Waals surface area contributed by atoms with E-state index in [0.717, 1.165) is 4.68 Å². The summed E-state index contributed by atoms with van der Waals surface area (Å²) in [6.07, 6.45) is 0. The van der Waals surface area contributed by atoms with Gasteiger partial charge in [-0.05, 0) is 12.1 Å². The monoisotopic (exact) mass is 261 g/mol. The Morgan fingerprint density at radius 1 is 1.32 bits per heavy atom. The highest BCUT2D eigenvalue weighted by Crippen LogP contribution is 2.17. The molecule has 0 bridgehead atoms. The van der Waals surface area contributed by atoms with Gasteiger partial charge in [-0.3, -0.25) is 9.78 Å². The van der Waals surface area contributed by atoms with Crippen LogP contribution in [0.15, 0.2) is 39.9 Å². The second-order valence-electron chi connectivity index (χ2n) is 3.77. The smallest absolute Gasteiger partial charge is 0.347 e. The van der Waals surface area contributed by atoms with Gasteiger partial charge < -0.3 is 10.6 Å². The number of benzene rings is 1. The number of nitrogens with zero attached hydrogens (tertiary/aromatic N) is 1. The fraction of sp³-hybridized carbons (Fsp3) is 0.0833. The molecule has 3 N–H and O–H groups in total. The molecule has 0 unspecified atom stereocenters. The molecule has 0 aliphatic heterocycles. The number of ether oxygens (including phenoxy) is 1. The zero-order valence-corrected chi connectivity index (χ0v) is 10.0. The van der Waals surface area contributed by atoms with Crippen LogP contribution in [-0.4, -0.2) is 22.7 Å². The topological polar surface area (TPSA) is 107 Å².